The number of hydrogen-bond donors (Lipinski definition) is 0. The summed E-state index contributed by atoms with van der Waals surface area (Å²) < 4.78 is 0. The standard InChI is InChI=1S/C15H26N2/c1-13(2,3)11-15(6,7)12(10-17)14(4,5)8-9-16/h12H,8,11H2,1-7H3. The summed E-state index contributed by atoms with van der Waals surface area (Å²) in [4.78, 5) is 0. The first-order chi connectivity index (χ1) is 7.46. The topological polar surface area (TPSA) is 47.6 Å². The molecule has 0 N–H and O–H groups in total. The molecule has 0 aromatic carbocycles. The van der Waals surface area contributed by atoms with Crippen LogP contribution in [0.1, 0.15) is 61.3 Å². The Kier molecular flexibility index (Phi) is 4.79. The van der Waals surface area contributed by atoms with E-state index in [4.69, 9.17) is 5.26 Å². The van der Waals surface area contributed by atoms with Crippen LogP contribution in [0.25, 0.3) is 0 Å². The maximum absolute atomic E-state index is 9.46. The van der Waals surface area contributed by atoms with Gasteiger partial charge in [0.1, 0.15) is 0 Å². The highest BCUT2D eigenvalue weighted by molar-refractivity contribution is 5.04. The van der Waals surface area contributed by atoms with Gasteiger partial charge >= 0.3 is 0 Å². The number of rotatable bonds is 4. The third-order valence-electron chi connectivity index (χ3n) is 3.21. The maximum atomic E-state index is 9.46. The van der Waals surface area contributed by atoms with E-state index in [1.807, 2.05) is 13.8 Å². The van der Waals surface area contributed by atoms with Gasteiger partial charge in [0, 0.05) is 6.42 Å². The minimum absolute atomic E-state index is 0.0760. The lowest BCUT2D eigenvalue weighted by molar-refractivity contribution is 0.0796. The van der Waals surface area contributed by atoms with Crippen molar-refractivity contribution in [3.05, 3.63) is 0 Å². The van der Waals surface area contributed by atoms with Crippen molar-refractivity contribution in [2.24, 2.45) is 22.2 Å². The fraction of sp³-hybridized carbons (Fsp3) is 0.867. The van der Waals surface area contributed by atoms with E-state index >= 15 is 0 Å². The molecule has 96 valence electrons. The van der Waals surface area contributed by atoms with Crippen LogP contribution >= 0.6 is 0 Å². The van der Waals surface area contributed by atoms with Crippen LogP contribution < -0.4 is 0 Å². The zero-order valence-electron chi connectivity index (χ0n) is 12.4. The molecule has 0 aliphatic heterocycles. The van der Waals surface area contributed by atoms with Crippen molar-refractivity contribution in [2.45, 2.75) is 61.3 Å². The Bertz CT molecular complexity index is 331. The second-order valence-corrected chi connectivity index (χ2v) is 7.61. The minimum Gasteiger partial charge on any atom is -0.198 e. The average Bonchev–Trinajstić information content (AvgIpc) is 1.97. The van der Waals surface area contributed by atoms with E-state index < -0.39 is 0 Å². The van der Waals surface area contributed by atoms with Crippen molar-refractivity contribution in [3.63, 3.8) is 0 Å². The molecular weight excluding hydrogens is 208 g/mol. The van der Waals surface area contributed by atoms with Crippen LogP contribution in [0.4, 0.5) is 0 Å². The van der Waals surface area contributed by atoms with Crippen LogP contribution in [0.5, 0.6) is 0 Å². The Morgan fingerprint density at radius 3 is 1.65 bits per heavy atom. The highest BCUT2D eigenvalue weighted by Crippen LogP contribution is 2.47. The third-order valence-corrected chi connectivity index (χ3v) is 3.21. The first kappa shape index (κ1) is 16.0. The molecule has 0 aromatic heterocycles. The van der Waals surface area contributed by atoms with Gasteiger partial charge < -0.3 is 0 Å². The summed E-state index contributed by atoms with van der Waals surface area (Å²) in [7, 11) is 0. The molecule has 0 bridgehead atoms. The van der Waals surface area contributed by atoms with Crippen molar-refractivity contribution in [1.29, 1.82) is 10.5 Å². The molecule has 0 radical (unpaired) electrons. The van der Waals surface area contributed by atoms with Crippen LogP contribution in [-0.2, 0) is 0 Å². The summed E-state index contributed by atoms with van der Waals surface area (Å²) in [5, 5.41) is 18.3. The van der Waals surface area contributed by atoms with E-state index in [-0.39, 0.29) is 22.2 Å². The third kappa shape index (κ3) is 4.78. The minimum atomic E-state index is -0.252. The smallest absolute Gasteiger partial charge is 0.0667 e. The molecule has 0 spiro atoms. The molecular formula is C15H26N2. The van der Waals surface area contributed by atoms with Gasteiger partial charge in [0.05, 0.1) is 18.1 Å². The quantitative estimate of drug-likeness (QED) is 0.717. The van der Waals surface area contributed by atoms with Crippen LogP contribution in [0.2, 0.25) is 0 Å². The molecule has 0 aliphatic carbocycles. The van der Waals surface area contributed by atoms with E-state index in [2.05, 4.69) is 46.8 Å². The van der Waals surface area contributed by atoms with Crippen molar-refractivity contribution in [2.75, 3.05) is 0 Å². The van der Waals surface area contributed by atoms with Crippen molar-refractivity contribution < 1.29 is 0 Å². The summed E-state index contributed by atoms with van der Waals surface area (Å²) in [5.41, 5.74) is -0.132. The highest BCUT2D eigenvalue weighted by Gasteiger charge is 2.42. The monoisotopic (exact) mass is 234 g/mol. The lowest BCUT2D eigenvalue weighted by Gasteiger charge is -2.42. The molecule has 0 saturated heterocycles. The molecule has 0 aliphatic rings. The lowest BCUT2D eigenvalue weighted by Crippen LogP contribution is -2.37. The summed E-state index contributed by atoms with van der Waals surface area (Å²) in [6.45, 7) is 14.9. The highest BCUT2D eigenvalue weighted by atomic mass is 14.5. The fourth-order valence-corrected chi connectivity index (χ4v) is 3.18. The van der Waals surface area contributed by atoms with Crippen molar-refractivity contribution >= 4 is 0 Å². The largest absolute Gasteiger partial charge is 0.198 e. The molecule has 2 heteroatoms. The first-order valence-electron chi connectivity index (χ1n) is 6.23. The molecule has 0 aromatic rings. The van der Waals surface area contributed by atoms with E-state index in [9.17, 15) is 5.26 Å². The Labute approximate surface area is 107 Å². The number of nitriles is 2. The molecule has 1 atom stereocenters. The first-order valence-corrected chi connectivity index (χ1v) is 6.23. The number of nitrogens with zero attached hydrogens (tertiary/aromatic N) is 2. The van der Waals surface area contributed by atoms with Gasteiger partial charge in [-0.1, -0.05) is 48.5 Å². The molecule has 0 fully saturated rings. The van der Waals surface area contributed by atoms with Gasteiger partial charge in [-0.25, -0.2) is 0 Å². The second kappa shape index (κ2) is 5.09. The Balaban J connectivity index is 5.15. The van der Waals surface area contributed by atoms with E-state index in [0.29, 0.717) is 6.42 Å². The van der Waals surface area contributed by atoms with Crippen molar-refractivity contribution in [1.82, 2.24) is 0 Å². The van der Waals surface area contributed by atoms with Crippen LogP contribution in [-0.4, -0.2) is 0 Å². The van der Waals surface area contributed by atoms with Crippen LogP contribution in [0.15, 0.2) is 0 Å². The average molecular weight is 234 g/mol. The fourth-order valence-electron chi connectivity index (χ4n) is 3.18. The molecule has 0 saturated carbocycles. The molecule has 0 heterocycles. The van der Waals surface area contributed by atoms with Gasteiger partial charge in [0.15, 0.2) is 0 Å². The van der Waals surface area contributed by atoms with E-state index in [0.717, 1.165) is 6.42 Å². The summed E-state index contributed by atoms with van der Waals surface area (Å²) in [6.07, 6.45) is 1.41. The zero-order chi connectivity index (χ0) is 13.9. The lowest BCUT2D eigenvalue weighted by atomic mass is 9.60. The van der Waals surface area contributed by atoms with E-state index in [1.165, 1.54) is 0 Å². The van der Waals surface area contributed by atoms with Crippen LogP contribution in [0, 0.1) is 44.8 Å². The van der Waals surface area contributed by atoms with Crippen LogP contribution in [0.3, 0.4) is 0 Å². The Morgan fingerprint density at radius 2 is 1.35 bits per heavy atom. The van der Waals surface area contributed by atoms with Gasteiger partial charge in [-0.3, -0.25) is 0 Å². The van der Waals surface area contributed by atoms with Crippen molar-refractivity contribution in [3.8, 4) is 12.1 Å². The normalized spacial score (nSPS) is 14.9. The zero-order valence-corrected chi connectivity index (χ0v) is 12.4. The van der Waals surface area contributed by atoms with Gasteiger partial charge in [-0.15, -0.1) is 0 Å². The summed E-state index contributed by atoms with van der Waals surface area (Å²) >= 11 is 0. The Morgan fingerprint density at radius 1 is 0.882 bits per heavy atom. The van der Waals surface area contributed by atoms with Gasteiger partial charge in [0.25, 0.3) is 0 Å². The number of hydrogen-bond acceptors (Lipinski definition) is 2. The molecule has 0 rings (SSSR count). The SMILES string of the molecule is CC(C)(C)CC(C)(C)C(C#N)C(C)(C)CC#N. The molecule has 1 unspecified atom stereocenters. The molecule has 2 nitrogen and oxygen atoms in total. The van der Waals surface area contributed by atoms with E-state index in [1.54, 1.807) is 0 Å². The van der Waals surface area contributed by atoms with Gasteiger partial charge in [0.2, 0.25) is 0 Å². The Hall–Kier alpha value is -1.02. The summed E-state index contributed by atoms with van der Waals surface area (Å²) in [5.74, 6) is -0.103. The van der Waals surface area contributed by atoms with Gasteiger partial charge in [-0.05, 0) is 22.7 Å². The maximum Gasteiger partial charge on any atom is 0.0667 e. The molecule has 0 amide bonds. The van der Waals surface area contributed by atoms with Gasteiger partial charge in [-0.2, -0.15) is 10.5 Å². The predicted octanol–water partition coefficient (Wildman–Crippen LogP) is 4.53. The molecule has 17 heavy (non-hydrogen) atoms. The summed E-state index contributed by atoms with van der Waals surface area (Å²) in [6, 6.07) is 4.65. The predicted molar refractivity (Wildman–Crippen MR) is 71.0 cm³/mol. The second-order valence-electron chi connectivity index (χ2n) is 7.61.